The van der Waals surface area contributed by atoms with Gasteiger partial charge in [0.05, 0.1) is 11.0 Å². The highest BCUT2D eigenvalue weighted by Crippen LogP contribution is 2.10. The summed E-state index contributed by atoms with van der Waals surface area (Å²) in [6.45, 7) is 0.915. The molecule has 0 aliphatic carbocycles. The Kier molecular flexibility index (Phi) is 4.79. The minimum absolute atomic E-state index is 0.00661. The van der Waals surface area contributed by atoms with E-state index in [4.69, 9.17) is 0 Å². The molecule has 0 aliphatic heterocycles. The molecular weight excluding hydrogens is 302 g/mol. The molecule has 3 rings (SSSR count). The lowest BCUT2D eigenvalue weighted by molar-refractivity contribution is -0.121. The van der Waals surface area contributed by atoms with Crippen LogP contribution in [0.2, 0.25) is 0 Å². The van der Waals surface area contributed by atoms with Gasteiger partial charge in [-0.1, -0.05) is 42.5 Å². The Hall–Kier alpha value is -2.82. The zero-order valence-corrected chi connectivity index (χ0v) is 13.7. The standard InChI is InChI=1S/C19H21N3O2/c1-21-16-9-5-6-10-17(16)22(19(21)24)14-13-20-18(23)12-11-15-7-3-2-4-8-15/h2-10H,11-14H2,1H3,(H,20,23). The number of para-hydroxylation sites is 2. The molecule has 0 unspecified atom stereocenters. The average molecular weight is 323 g/mol. The fraction of sp³-hybridized carbons (Fsp3) is 0.263. The Morgan fingerprint density at radius 3 is 2.42 bits per heavy atom. The number of carbonyl (C=O) groups is 1. The maximum Gasteiger partial charge on any atom is 0.328 e. The Morgan fingerprint density at radius 1 is 1.00 bits per heavy atom. The van der Waals surface area contributed by atoms with Crippen LogP contribution in [0.3, 0.4) is 0 Å². The number of imidazole rings is 1. The van der Waals surface area contributed by atoms with Crippen LogP contribution in [0.25, 0.3) is 11.0 Å². The van der Waals surface area contributed by atoms with Gasteiger partial charge >= 0.3 is 5.69 Å². The molecule has 0 spiro atoms. The molecule has 0 bridgehead atoms. The zero-order chi connectivity index (χ0) is 16.9. The van der Waals surface area contributed by atoms with Crippen molar-refractivity contribution in [2.45, 2.75) is 19.4 Å². The molecule has 0 fully saturated rings. The van der Waals surface area contributed by atoms with Crippen LogP contribution in [0.15, 0.2) is 59.4 Å². The molecule has 2 aromatic carbocycles. The summed E-state index contributed by atoms with van der Waals surface area (Å²) in [5.74, 6) is 0.00661. The minimum atomic E-state index is -0.0604. The van der Waals surface area contributed by atoms with Crippen LogP contribution in [0.5, 0.6) is 0 Å². The molecule has 0 atom stereocenters. The third kappa shape index (κ3) is 3.40. The van der Waals surface area contributed by atoms with Crippen molar-refractivity contribution in [3.63, 3.8) is 0 Å². The van der Waals surface area contributed by atoms with Crippen molar-refractivity contribution >= 4 is 16.9 Å². The summed E-state index contributed by atoms with van der Waals surface area (Å²) in [6.07, 6.45) is 1.18. The first kappa shape index (κ1) is 16.1. The summed E-state index contributed by atoms with van der Waals surface area (Å²) in [6, 6.07) is 17.6. The van der Waals surface area contributed by atoms with Gasteiger partial charge in [0, 0.05) is 26.6 Å². The maximum atomic E-state index is 12.3. The molecule has 3 aromatic rings. The second-order valence-corrected chi connectivity index (χ2v) is 5.82. The van der Waals surface area contributed by atoms with E-state index in [0.29, 0.717) is 19.5 Å². The van der Waals surface area contributed by atoms with Crippen molar-refractivity contribution in [2.75, 3.05) is 6.54 Å². The van der Waals surface area contributed by atoms with Crippen molar-refractivity contribution < 1.29 is 4.79 Å². The molecule has 0 aliphatic rings. The quantitative estimate of drug-likeness (QED) is 0.755. The minimum Gasteiger partial charge on any atom is -0.354 e. The highest BCUT2D eigenvalue weighted by Gasteiger charge is 2.10. The fourth-order valence-electron chi connectivity index (χ4n) is 2.88. The number of amides is 1. The Morgan fingerprint density at radius 2 is 1.67 bits per heavy atom. The Bertz CT molecular complexity index is 894. The van der Waals surface area contributed by atoms with Crippen LogP contribution < -0.4 is 11.0 Å². The van der Waals surface area contributed by atoms with Crippen LogP contribution >= 0.6 is 0 Å². The van der Waals surface area contributed by atoms with E-state index < -0.39 is 0 Å². The van der Waals surface area contributed by atoms with E-state index in [-0.39, 0.29) is 11.6 Å². The van der Waals surface area contributed by atoms with Gasteiger partial charge in [-0.05, 0) is 24.1 Å². The Labute approximate surface area is 140 Å². The maximum absolute atomic E-state index is 12.3. The Balaban J connectivity index is 1.56. The number of rotatable bonds is 6. The predicted molar refractivity (Wildman–Crippen MR) is 95.0 cm³/mol. The summed E-state index contributed by atoms with van der Waals surface area (Å²) in [5.41, 5.74) is 2.88. The van der Waals surface area contributed by atoms with Crippen LogP contribution in [0.4, 0.5) is 0 Å². The summed E-state index contributed by atoms with van der Waals surface area (Å²) >= 11 is 0. The lowest BCUT2D eigenvalue weighted by atomic mass is 10.1. The van der Waals surface area contributed by atoms with E-state index in [1.807, 2.05) is 54.6 Å². The van der Waals surface area contributed by atoms with E-state index in [2.05, 4.69) is 5.32 Å². The number of carbonyl (C=O) groups excluding carboxylic acids is 1. The number of nitrogens with one attached hydrogen (secondary N) is 1. The summed E-state index contributed by atoms with van der Waals surface area (Å²) in [7, 11) is 1.76. The van der Waals surface area contributed by atoms with E-state index in [1.165, 1.54) is 0 Å². The first-order valence-corrected chi connectivity index (χ1v) is 8.11. The van der Waals surface area contributed by atoms with E-state index in [0.717, 1.165) is 23.0 Å². The van der Waals surface area contributed by atoms with Crippen LogP contribution in [-0.2, 0) is 24.8 Å². The van der Waals surface area contributed by atoms with E-state index in [1.54, 1.807) is 16.2 Å². The van der Waals surface area contributed by atoms with Gasteiger partial charge in [0.15, 0.2) is 0 Å². The summed E-state index contributed by atoms with van der Waals surface area (Å²) in [5, 5.41) is 2.89. The third-order valence-electron chi connectivity index (χ3n) is 4.19. The molecule has 0 saturated carbocycles. The number of fused-ring (bicyclic) bond motifs is 1. The summed E-state index contributed by atoms with van der Waals surface area (Å²) < 4.78 is 3.33. The number of hydrogen-bond donors (Lipinski definition) is 1. The molecule has 0 radical (unpaired) electrons. The van der Waals surface area contributed by atoms with Crippen molar-refractivity contribution in [3.8, 4) is 0 Å². The van der Waals surface area contributed by atoms with Gasteiger partial charge in [0.1, 0.15) is 0 Å². The lowest BCUT2D eigenvalue weighted by Gasteiger charge is -2.06. The first-order chi connectivity index (χ1) is 11.7. The van der Waals surface area contributed by atoms with Gasteiger partial charge in [-0.3, -0.25) is 13.9 Å². The third-order valence-corrected chi connectivity index (χ3v) is 4.19. The molecule has 1 heterocycles. The van der Waals surface area contributed by atoms with Gasteiger partial charge in [0.25, 0.3) is 0 Å². The van der Waals surface area contributed by atoms with E-state index in [9.17, 15) is 9.59 Å². The van der Waals surface area contributed by atoms with Crippen molar-refractivity contribution in [1.29, 1.82) is 0 Å². The van der Waals surface area contributed by atoms with Crippen LogP contribution in [-0.4, -0.2) is 21.6 Å². The van der Waals surface area contributed by atoms with Gasteiger partial charge in [-0.15, -0.1) is 0 Å². The number of aryl methyl sites for hydroxylation is 2. The second kappa shape index (κ2) is 7.17. The second-order valence-electron chi connectivity index (χ2n) is 5.82. The number of nitrogens with zero attached hydrogens (tertiary/aromatic N) is 2. The number of hydrogen-bond acceptors (Lipinski definition) is 2. The van der Waals surface area contributed by atoms with Crippen molar-refractivity contribution in [1.82, 2.24) is 14.5 Å². The zero-order valence-electron chi connectivity index (χ0n) is 13.7. The molecule has 1 amide bonds. The molecule has 5 nitrogen and oxygen atoms in total. The largest absolute Gasteiger partial charge is 0.354 e. The van der Waals surface area contributed by atoms with E-state index >= 15 is 0 Å². The van der Waals surface area contributed by atoms with Gasteiger partial charge in [-0.25, -0.2) is 4.79 Å². The molecular formula is C19H21N3O2. The van der Waals surface area contributed by atoms with Crippen LogP contribution in [0, 0.1) is 0 Å². The van der Waals surface area contributed by atoms with Gasteiger partial charge < -0.3 is 5.32 Å². The molecule has 124 valence electrons. The topological polar surface area (TPSA) is 56.0 Å². The molecule has 24 heavy (non-hydrogen) atoms. The number of aromatic nitrogens is 2. The number of benzene rings is 2. The fourth-order valence-corrected chi connectivity index (χ4v) is 2.88. The average Bonchev–Trinajstić information content (AvgIpc) is 2.86. The highest BCUT2D eigenvalue weighted by atomic mass is 16.2. The van der Waals surface area contributed by atoms with Gasteiger partial charge in [-0.2, -0.15) is 0 Å². The normalized spacial score (nSPS) is 10.9. The molecule has 0 saturated heterocycles. The monoisotopic (exact) mass is 323 g/mol. The molecule has 5 heteroatoms. The first-order valence-electron chi connectivity index (χ1n) is 8.11. The van der Waals surface area contributed by atoms with Crippen molar-refractivity contribution in [2.24, 2.45) is 7.05 Å². The SMILES string of the molecule is Cn1c(=O)n(CCNC(=O)CCc2ccccc2)c2ccccc21. The predicted octanol–water partition coefficient (Wildman–Crippen LogP) is 2.09. The molecule has 1 N–H and O–H groups in total. The van der Waals surface area contributed by atoms with Crippen LogP contribution in [0.1, 0.15) is 12.0 Å². The lowest BCUT2D eigenvalue weighted by Crippen LogP contribution is -2.31. The summed E-state index contributed by atoms with van der Waals surface area (Å²) in [4.78, 5) is 24.2. The highest BCUT2D eigenvalue weighted by molar-refractivity contribution is 5.77. The van der Waals surface area contributed by atoms with Crippen molar-refractivity contribution in [3.05, 3.63) is 70.6 Å². The van der Waals surface area contributed by atoms with Gasteiger partial charge in [0.2, 0.25) is 5.91 Å². The smallest absolute Gasteiger partial charge is 0.328 e. The molecule has 1 aromatic heterocycles.